The minimum absolute atomic E-state index is 0. The molecular formula is C11H25IN4O2. The van der Waals surface area contributed by atoms with E-state index in [1.165, 1.54) is 0 Å². The highest BCUT2D eigenvalue weighted by Gasteiger charge is 2.00. The predicted molar refractivity (Wildman–Crippen MR) is 84.6 cm³/mol. The first-order valence-electron chi connectivity index (χ1n) is 6.02. The van der Waals surface area contributed by atoms with Crippen molar-refractivity contribution < 1.29 is 9.53 Å². The molecule has 18 heavy (non-hydrogen) atoms. The lowest BCUT2D eigenvalue weighted by molar-refractivity contribution is -0.119. The number of hydrogen-bond donors (Lipinski definition) is 3. The largest absolute Gasteiger partial charge is 0.385 e. The molecule has 0 unspecified atom stereocenters. The molecule has 0 saturated heterocycles. The second kappa shape index (κ2) is 14.5. The van der Waals surface area contributed by atoms with E-state index in [-0.39, 0.29) is 36.4 Å². The normalized spacial score (nSPS) is 10.5. The summed E-state index contributed by atoms with van der Waals surface area (Å²) in [5, 5.41) is 8.90. The third-order valence-corrected chi connectivity index (χ3v) is 1.92. The first-order chi connectivity index (χ1) is 8.24. The Morgan fingerprint density at radius 2 is 1.83 bits per heavy atom. The van der Waals surface area contributed by atoms with Gasteiger partial charge in [-0.25, -0.2) is 4.99 Å². The molecule has 0 aliphatic rings. The highest BCUT2D eigenvalue weighted by Crippen LogP contribution is 1.79. The Bertz CT molecular complexity index is 237. The fourth-order valence-corrected chi connectivity index (χ4v) is 1.17. The number of methoxy groups -OCH3 is 1. The van der Waals surface area contributed by atoms with Gasteiger partial charge in [-0.3, -0.25) is 4.79 Å². The zero-order chi connectivity index (χ0) is 12.9. The van der Waals surface area contributed by atoms with E-state index in [2.05, 4.69) is 20.9 Å². The lowest BCUT2D eigenvalue weighted by atomic mass is 10.4. The maximum absolute atomic E-state index is 11.2. The highest BCUT2D eigenvalue weighted by atomic mass is 127. The summed E-state index contributed by atoms with van der Waals surface area (Å²) < 4.78 is 4.95. The van der Waals surface area contributed by atoms with E-state index < -0.39 is 0 Å². The van der Waals surface area contributed by atoms with Crippen LogP contribution in [0.1, 0.15) is 20.3 Å². The molecule has 1 amide bonds. The topological polar surface area (TPSA) is 74.8 Å². The minimum Gasteiger partial charge on any atom is -0.385 e. The average Bonchev–Trinajstić information content (AvgIpc) is 2.32. The first-order valence-corrected chi connectivity index (χ1v) is 6.02. The number of nitrogens with one attached hydrogen (secondary N) is 3. The Morgan fingerprint density at radius 3 is 2.39 bits per heavy atom. The SMILES string of the molecule is CCNC(=O)CN=C(NCC)NCCCOC.I. The summed E-state index contributed by atoms with van der Waals surface area (Å²) in [6.45, 7) is 6.90. The van der Waals surface area contributed by atoms with Crippen LogP contribution in [0.2, 0.25) is 0 Å². The number of amides is 1. The lowest BCUT2D eigenvalue weighted by Gasteiger charge is -2.10. The quantitative estimate of drug-likeness (QED) is 0.249. The van der Waals surface area contributed by atoms with Crippen LogP contribution in [0.3, 0.4) is 0 Å². The average molecular weight is 372 g/mol. The zero-order valence-electron chi connectivity index (χ0n) is 11.4. The summed E-state index contributed by atoms with van der Waals surface area (Å²) in [4.78, 5) is 15.4. The van der Waals surface area contributed by atoms with E-state index in [0.717, 1.165) is 19.5 Å². The van der Waals surface area contributed by atoms with Crippen LogP contribution in [0.5, 0.6) is 0 Å². The van der Waals surface area contributed by atoms with E-state index in [9.17, 15) is 4.79 Å². The van der Waals surface area contributed by atoms with Crippen molar-refractivity contribution >= 4 is 35.8 Å². The molecule has 0 spiro atoms. The van der Waals surface area contributed by atoms with Gasteiger partial charge >= 0.3 is 0 Å². The molecule has 0 saturated carbocycles. The van der Waals surface area contributed by atoms with E-state index in [1.807, 2.05) is 13.8 Å². The second-order valence-electron chi connectivity index (χ2n) is 3.42. The van der Waals surface area contributed by atoms with Crippen LogP contribution in [0.15, 0.2) is 4.99 Å². The van der Waals surface area contributed by atoms with Gasteiger partial charge in [0.2, 0.25) is 5.91 Å². The Kier molecular flexibility index (Phi) is 15.9. The van der Waals surface area contributed by atoms with Crippen LogP contribution >= 0.6 is 24.0 Å². The molecule has 0 rings (SSSR count). The number of ether oxygens (including phenoxy) is 1. The molecule has 108 valence electrons. The van der Waals surface area contributed by atoms with Gasteiger partial charge in [0.25, 0.3) is 0 Å². The van der Waals surface area contributed by atoms with Crippen molar-refractivity contribution in [3.05, 3.63) is 0 Å². The third kappa shape index (κ3) is 11.9. The van der Waals surface area contributed by atoms with Crippen molar-refractivity contribution in [1.82, 2.24) is 16.0 Å². The van der Waals surface area contributed by atoms with Crippen LogP contribution in [0.4, 0.5) is 0 Å². The number of carbonyl (C=O) groups excluding carboxylic acids is 1. The molecule has 0 aromatic carbocycles. The molecule has 0 radical (unpaired) electrons. The Morgan fingerprint density at radius 1 is 1.17 bits per heavy atom. The monoisotopic (exact) mass is 372 g/mol. The van der Waals surface area contributed by atoms with Gasteiger partial charge in [-0.1, -0.05) is 0 Å². The number of halogens is 1. The van der Waals surface area contributed by atoms with Crippen LogP contribution in [0, 0.1) is 0 Å². The molecule has 0 heterocycles. The van der Waals surface area contributed by atoms with E-state index in [1.54, 1.807) is 7.11 Å². The summed E-state index contributed by atoms with van der Waals surface area (Å²) in [5.74, 6) is 0.594. The molecule has 7 heteroatoms. The maximum atomic E-state index is 11.2. The fraction of sp³-hybridized carbons (Fsp3) is 0.818. The number of carbonyl (C=O) groups is 1. The number of likely N-dealkylation sites (N-methyl/N-ethyl adjacent to an activating group) is 1. The summed E-state index contributed by atoms with van der Waals surface area (Å²) in [6.07, 6.45) is 0.905. The van der Waals surface area contributed by atoms with Gasteiger partial charge in [0.15, 0.2) is 5.96 Å². The number of guanidine groups is 1. The standard InChI is InChI=1S/C11H24N4O2.HI/c1-4-12-10(16)9-15-11(13-5-2)14-7-6-8-17-3;/h4-9H2,1-3H3,(H,12,16)(H2,13,14,15);1H. The lowest BCUT2D eigenvalue weighted by Crippen LogP contribution is -2.39. The predicted octanol–water partition coefficient (Wildman–Crippen LogP) is 0.332. The third-order valence-electron chi connectivity index (χ3n) is 1.92. The molecule has 3 N–H and O–H groups in total. The molecular weight excluding hydrogens is 347 g/mol. The zero-order valence-corrected chi connectivity index (χ0v) is 13.7. The molecule has 0 bridgehead atoms. The van der Waals surface area contributed by atoms with Gasteiger partial charge < -0.3 is 20.7 Å². The van der Waals surface area contributed by atoms with Crippen molar-refractivity contribution in [3.8, 4) is 0 Å². The summed E-state index contributed by atoms with van der Waals surface area (Å²) >= 11 is 0. The molecule has 0 aliphatic carbocycles. The Hall–Kier alpha value is -0.570. The van der Waals surface area contributed by atoms with Crippen LogP contribution < -0.4 is 16.0 Å². The summed E-state index contributed by atoms with van der Waals surface area (Å²) in [7, 11) is 1.67. The molecule has 0 aromatic rings. The van der Waals surface area contributed by atoms with Gasteiger partial charge in [0.1, 0.15) is 6.54 Å². The van der Waals surface area contributed by atoms with Crippen LogP contribution in [-0.2, 0) is 9.53 Å². The van der Waals surface area contributed by atoms with E-state index in [0.29, 0.717) is 19.1 Å². The number of nitrogens with zero attached hydrogens (tertiary/aromatic N) is 1. The second-order valence-corrected chi connectivity index (χ2v) is 3.42. The van der Waals surface area contributed by atoms with Crippen molar-refractivity contribution in [2.45, 2.75) is 20.3 Å². The van der Waals surface area contributed by atoms with Crippen molar-refractivity contribution in [2.24, 2.45) is 4.99 Å². The smallest absolute Gasteiger partial charge is 0.241 e. The first kappa shape index (κ1) is 19.8. The van der Waals surface area contributed by atoms with Gasteiger partial charge in [0, 0.05) is 33.4 Å². The molecule has 0 aromatic heterocycles. The van der Waals surface area contributed by atoms with Gasteiger partial charge in [-0.15, -0.1) is 24.0 Å². The van der Waals surface area contributed by atoms with Gasteiger partial charge in [0.05, 0.1) is 0 Å². The van der Waals surface area contributed by atoms with E-state index >= 15 is 0 Å². The van der Waals surface area contributed by atoms with Crippen LogP contribution in [0.25, 0.3) is 0 Å². The fourth-order valence-electron chi connectivity index (χ4n) is 1.17. The molecule has 0 aliphatic heterocycles. The van der Waals surface area contributed by atoms with Crippen molar-refractivity contribution in [3.63, 3.8) is 0 Å². The number of rotatable bonds is 8. The maximum Gasteiger partial charge on any atom is 0.241 e. The van der Waals surface area contributed by atoms with Crippen molar-refractivity contribution in [1.29, 1.82) is 0 Å². The summed E-state index contributed by atoms with van der Waals surface area (Å²) in [5.41, 5.74) is 0. The van der Waals surface area contributed by atoms with Gasteiger partial charge in [-0.05, 0) is 20.3 Å². The molecule has 0 atom stereocenters. The van der Waals surface area contributed by atoms with Crippen molar-refractivity contribution in [2.75, 3.05) is 39.9 Å². The van der Waals surface area contributed by atoms with Gasteiger partial charge in [-0.2, -0.15) is 0 Å². The Balaban J connectivity index is 0. The minimum atomic E-state index is -0.0680. The molecule has 0 fully saturated rings. The Labute approximate surface area is 126 Å². The van der Waals surface area contributed by atoms with Crippen LogP contribution in [-0.4, -0.2) is 51.8 Å². The van der Waals surface area contributed by atoms with E-state index in [4.69, 9.17) is 4.74 Å². The highest BCUT2D eigenvalue weighted by molar-refractivity contribution is 14.0. The number of hydrogen-bond acceptors (Lipinski definition) is 3. The molecule has 6 nitrogen and oxygen atoms in total. The summed E-state index contributed by atoms with van der Waals surface area (Å²) in [6, 6.07) is 0. The number of aliphatic imine (C=N–C) groups is 1.